The molecule has 25 heavy (non-hydrogen) atoms. The summed E-state index contributed by atoms with van der Waals surface area (Å²) in [5, 5.41) is 9.46. The highest BCUT2D eigenvalue weighted by atomic mass is 32.1. The number of thiophene rings is 1. The van der Waals surface area contributed by atoms with Crippen LogP contribution in [0.1, 0.15) is 28.9 Å². The predicted octanol–water partition coefficient (Wildman–Crippen LogP) is 3.12. The minimum atomic E-state index is -0.0792. The zero-order valence-electron chi connectivity index (χ0n) is 14.4. The third-order valence-corrected chi connectivity index (χ3v) is 5.20. The van der Waals surface area contributed by atoms with Crippen LogP contribution in [0.15, 0.2) is 29.8 Å². The monoisotopic (exact) mass is 355 g/mol. The summed E-state index contributed by atoms with van der Waals surface area (Å²) < 4.78 is 5.94. The first kappa shape index (κ1) is 16.4. The van der Waals surface area contributed by atoms with Crippen LogP contribution in [0.3, 0.4) is 0 Å². The van der Waals surface area contributed by atoms with Gasteiger partial charge in [0.05, 0.1) is 23.4 Å². The molecule has 0 radical (unpaired) electrons. The first-order valence-electron chi connectivity index (χ1n) is 8.41. The minimum absolute atomic E-state index is 0.0792. The third-order valence-electron chi connectivity index (χ3n) is 4.32. The van der Waals surface area contributed by atoms with Crippen LogP contribution in [0.5, 0.6) is 0 Å². The average Bonchev–Trinajstić information content (AvgIpc) is 3.25. The molecule has 0 spiro atoms. The number of hydrogen-bond donors (Lipinski definition) is 1. The molecular formula is C18H21N5OS. The van der Waals surface area contributed by atoms with Crippen LogP contribution in [-0.2, 0) is 11.3 Å². The Bertz CT molecular complexity index is 825. The quantitative estimate of drug-likeness (QED) is 0.779. The van der Waals surface area contributed by atoms with Gasteiger partial charge in [0.2, 0.25) is 0 Å². The second kappa shape index (κ2) is 7.03. The highest BCUT2D eigenvalue weighted by Crippen LogP contribution is 2.28. The summed E-state index contributed by atoms with van der Waals surface area (Å²) in [7, 11) is 0. The fourth-order valence-electron chi connectivity index (χ4n) is 3.21. The second-order valence-corrected chi connectivity index (χ2v) is 7.30. The molecule has 7 heteroatoms. The first-order chi connectivity index (χ1) is 12.2. The van der Waals surface area contributed by atoms with Crippen LogP contribution in [0.25, 0.3) is 10.6 Å². The van der Waals surface area contributed by atoms with Gasteiger partial charge < -0.3 is 4.74 Å². The lowest BCUT2D eigenvalue weighted by molar-refractivity contribution is -0.0373. The molecule has 4 heterocycles. The van der Waals surface area contributed by atoms with Crippen LogP contribution >= 0.6 is 11.3 Å². The Labute approximate surface area is 150 Å². The first-order valence-corrected chi connectivity index (χ1v) is 9.29. The van der Waals surface area contributed by atoms with Crippen molar-refractivity contribution < 1.29 is 4.74 Å². The summed E-state index contributed by atoms with van der Waals surface area (Å²) >= 11 is 1.72. The van der Waals surface area contributed by atoms with E-state index in [2.05, 4.69) is 42.6 Å². The number of aromatic nitrogens is 4. The average molecular weight is 355 g/mol. The van der Waals surface area contributed by atoms with Crippen LogP contribution in [-0.4, -0.2) is 44.8 Å². The van der Waals surface area contributed by atoms with E-state index in [9.17, 15) is 0 Å². The molecule has 1 aliphatic rings. The van der Waals surface area contributed by atoms with Gasteiger partial charge in [0.1, 0.15) is 6.10 Å². The van der Waals surface area contributed by atoms with Gasteiger partial charge in [0.15, 0.2) is 5.82 Å². The molecule has 3 aromatic heterocycles. The zero-order chi connectivity index (χ0) is 17.2. The maximum atomic E-state index is 5.94. The van der Waals surface area contributed by atoms with Crippen LogP contribution in [0, 0.1) is 13.8 Å². The molecule has 130 valence electrons. The molecule has 0 bridgehead atoms. The number of H-pyrrole nitrogens is 1. The Morgan fingerprint density at radius 2 is 2.16 bits per heavy atom. The van der Waals surface area contributed by atoms with Gasteiger partial charge >= 0.3 is 0 Å². The van der Waals surface area contributed by atoms with Crippen molar-refractivity contribution in [3.8, 4) is 10.6 Å². The van der Waals surface area contributed by atoms with Gasteiger partial charge in [0.25, 0.3) is 0 Å². The molecule has 1 atom stereocenters. The zero-order valence-corrected chi connectivity index (χ0v) is 15.2. The molecule has 1 aliphatic heterocycles. The van der Waals surface area contributed by atoms with E-state index in [1.807, 2.05) is 26.1 Å². The molecule has 6 nitrogen and oxygen atoms in total. The summed E-state index contributed by atoms with van der Waals surface area (Å²) in [5.74, 6) is 0.785. The highest BCUT2D eigenvalue weighted by molar-refractivity contribution is 7.13. The largest absolute Gasteiger partial charge is 0.368 e. The number of aryl methyl sites for hydroxylation is 2. The molecule has 1 saturated heterocycles. The summed E-state index contributed by atoms with van der Waals surface area (Å²) in [6.45, 7) is 7.21. The number of ether oxygens (including phenoxy) is 1. The van der Waals surface area contributed by atoms with E-state index in [4.69, 9.17) is 4.74 Å². The SMILES string of the molecule is Cc1cc(C)nc([C@@H]2CN(Cc3cn[nH]c3-c3cccs3)CCO2)n1. The standard InChI is InChI=1S/C18H21N5OS/c1-12-8-13(2)21-18(20-12)15-11-23(5-6-24-15)10-14-9-19-22-17(14)16-4-3-7-25-16/h3-4,7-9,15H,5-6,10-11H2,1-2H3,(H,19,22)/t15-/m0/s1. The third kappa shape index (κ3) is 3.63. The van der Waals surface area contributed by atoms with Crippen molar-refractivity contribution in [2.75, 3.05) is 19.7 Å². The Morgan fingerprint density at radius 3 is 2.92 bits per heavy atom. The van der Waals surface area contributed by atoms with E-state index in [-0.39, 0.29) is 6.10 Å². The molecular weight excluding hydrogens is 334 g/mol. The molecule has 3 aromatic rings. The topological polar surface area (TPSA) is 66.9 Å². The molecule has 0 aliphatic carbocycles. The van der Waals surface area contributed by atoms with Gasteiger partial charge in [-0.3, -0.25) is 10.00 Å². The highest BCUT2D eigenvalue weighted by Gasteiger charge is 2.25. The number of morpholine rings is 1. The van der Waals surface area contributed by atoms with Crippen molar-refractivity contribution >= 4 is 11.3 Å². The van der Waals surface area contributed by atoms with E-state index in [0.717, 1.165) is 42.5 Å². The Morgan fingerprint density at radius 1 is 1.32 bits per heavy atom. The fraction of sp³-hybridized carbons (Fsp3) is 0.389. The Kier molecular flexibility index (Phi) is 4.61. The molecule has 0 unspecified atom stereocenters. The summed E-state index contributed by atoms with van der Waals surface area (Å²) in [6.07, 6.45) is 1.84. The summed E-state index contributed by atoms with van der Waals surface area (Å²) in [6, 6.07) is 6.17. The van der Waals surface area contributed by atoms with Gasteiger partial charge in [-0.05, 0) is 31.4 Å². The van der Waals surface area contributed by atoms with Crippen molar-refractivity contribution in [2.24, 2.45) is 0 Å². The van der Waals surface area contributed by atoms with E-state index in [0.29, 0.717) is 6.61 Å². The van der Waals surface area contributed by atoms with Gasteiger partial charge in [0, 0.05) is 36.6 Å². The molecule has 1 fully saturated rings. The van der Waals surface area contributed by atoms with Crippen molar-refractivity contribution in [3.63, 3.8) is 0 Å². The van der Waals surface area contributed by atoms with E-state index in [1.54, 1.807) is 11.3 Å². The van der Waals surface area contributed by atoms with E-state index < -0.39 is 0 Å². The molecule has 0 amide bonds. The number of hydrogen-bond acceptors (Lipinski definition) is 6. The lowest BCUT2D eigenvalue weighted by atomic mass is 10.1. The summed E-state index contributed by atoms with van der Waals surface area (Å²) in [4.78, 5) is 12.7. The molecule has 0 aromatic carbocycles. The maximum Gasteiger partial charge on any atom is 0.158 e. The predicted molar refractivity (Wildman–Crippen MR) is 97.4 cm³/mol. The Balaban J connectivity index is 1.50. The smallest absolute Gasteiger partial charge is 0.158 e. The van der Waals surface area contributed by atoms with E-state index in [1.165, 1.54) is 10.4 Å². The fourth-order valence-corrected chi connectivity index (χ4v) is 3.96. The van der Waals surface area contributed by atoms with Crippen molar-refractivity contribution in [2.45, 2.75) is 26.5 Å². The number of aromatic amines is 1. The van der Waals surface area contributed by atoms with Gasteiger partial charge in [-0.2, -0.15) is 5.10 Å². The van der Waals surface area contributed by atoms with Crippen LogP contribution in [0.2, 0.25) is 0 Å². The second-order valence-electron chi connectivity index (χ2n) is 6.35. The molecule has 1 N–H and O–H groups in total. The number of nitrogens with zero attached hydrogens (tertiary/aromatic N) is 4. The Hall–Kier alpha value is -2.09. The lowest BCUT2D eigenvalue weighted by Crippen LogP contribution is -2.38. The van der Waals surface area contributed by atoms with Crippen molar-refractivity contribution in [3.05, 3.63) is 52.6 Å². The molecule has 0 saturated carbocycles. The lowest BCUT2D eigenvalue weighted by Gasteiger charge is -2.32. The van der Waals surface area contributed by atoms with Gasteiger partial charge in [-0.15, -0.1) is 11.3 Å². The van der Waals surface area contributed by atoms with E-state index >= 15 is 0 Å². The number of nitrogens with one attached hydrogen (secondary N) is 1. The molecule has 4 rings (SSSR count). The minimum Gasteiger partial charge on any atom is -0.368 e. The van der Waals surface area contributed by atoms with Gasteiger partial charge in [-0.25, -0.2) is 9.97 Å². The normalized spacial score (nSPS) is 18.6. The van der Waals surface area contributed by atoms with Crippen molar-refractivity contribution in [1.29, 1.82) is 0 Å². The number of rotatable bonds is 4. The van der Waals surface area contributed by atoms with Gasteiger partial charge in [-0.1, -0.05) is 6.07 Å². The van der Waals surface area contributed by atoms with Crippen LogP contribution < -0.4 is 0 Å². The maximum absolute atomic E-state index is 5.94. The van der Waals surface area contributed by atoms with Crippen molar-refractivity contribution in [1.82, 2.24) is 25.1 Å². The summed E-state index contributed by atoms with van der Waals surface area (Å²) in [5.41, 5.74) is 4.29. The van der Waals surface area contributed by atoms with Crippen LogP contribution in [0.4, 0.5) is 0 Å².